The number of hydrogen-bond donors (Lipinski definition) is 1. The van der Waals surface area contributed by atoms with Gasteiger partial charge in [-0.25, -0.2) is 0 Å². The standard InChI is InChI=1S/C15H15Cl2NO/c1-19-15-4-2-3-14(17)13(15)10-18-9-11-5-7-12(16)8-6-11/h2-8,18H,9-10H2,1H3. The maximum atomic E-state index is 6.17. The summed E-state index contributed by atoms with van der Waals surface area (Å²) in [6.07, 6.45) is 0. The van der Waals surface area contributed by atoms with Crippen LogP contribution < -0.4 is 10.1 Å². The van der Waals surface area contributed by atoms with Gasteiger partial charge in [-0.2, -0.15) is 0 Å². The van der Waals surface area contributed by atoms with Gasteiger partial charge in [0.1, 0.15) is 5.75 Å². The third kappa shape index (κ3) is 3.87. The first-order valence-electron chi connectivity index (χ1n) is 5.97. The zero-order chi connectivity index (χ0) is 13.7. The molecule has 0 saturated heterocycles. The minimum atomic E-state index is 0.658. The van der Waals surface area contributed by atoms with Gasteiger partial charge in [-0.1, -0.05) is 41.4 Å². The average Bonchev–Trinajstić information content (AvgIpc) is 2.42. The Balaban J connectivity index is 1.97. The summed E-state index contributed by atoms with van der Waals surface area (Å²) in [5.74, 6) is 0.802. The van der Waals surface area contributed by atoms with Gasteiger partial charge in [-0.3, -0.25) is 0 Å². The highest BCUT2D eigenvalue weighted by molar-refractivity contribution is 6.31. The van der Waals surface area contributed by atoms with E-state index in [2.05, 4.69) is 5.32 Å². The summed E-state index contributed by atoms with van der Waals surface area (Å²) in [5.41, 5.74) is 2.15. The molecule has 0 spiro atoms. The van der Waals surface area contributed by atoms with E-state index < -0.39 is 0 Å². The van der Waals surface area contributed by atoms with Gasteiger partial charge in [0.2, 0.25) is 0 Å². The molecular weight excluding hydrogens is 281 g/mol. The minimum absolute atomic E-state index is 0.658. The Hall–Kier alpha value is -1.22. The van der Waals surface area contributed by atoms with Gasteiger partial charge >= 0.3 is 0 Å². The van der Waals surface area contributed by atoms with Crippen LogP contribution in [-0.4, -0.2) is 7.11 Å². The molecule has 0 radical (unpaired) electrons. The fourth-order valence-corrected chi connectivity index (χ4v) is 2.19. The molecule has 1 N–H and O–H groups in total. The fraction of sp³-hybridized carbons (Fsp3) is 0.200. The molecular formula is C15H15Cl2NO. The van der Waals surface area contributed by atoms with E-state index in [1.807, 2.05) is 42.5 Å². The van der Waals surface area contributed by atoms with Gasteiger partial charge in [0.05, 0.1) is 7.11 Å². The average molecular weight is 296 g/mol. The minimum Gasteiger partial charge on any atom is -0.496 e. The van der Waals surface area contributed by atoms with Crippen LogP contribution in [0.4, 0.5) is 0 Å². The van der Waals surface area contributed by atoms with Gasteiger partial charge in [-0.15, -0.1) is 0 Å². The highest BCUT2D eigenvalue weighted by Gasteiger charge is 2.06. The second-order valence-electron chi connectivity index (χ2n) is 4.15. The van der Waals surface area contributed by atoms with E-state index >= 15 is 0 Å². The molecule has 2 rings (SSSR count). The second-order valence-corrected chi connectivity index (χ2v) is 4.99. The van der Waals surface area contributed by atoms with E-state index in [1.165, 1.54) is 5.56 Å². The van der Waals surface area contributed by atoms with Crippen molar-refractivity contribution in [2.45, 2.75) is 13.1 Å². The van der Waals surface area contributed by atoms with Gasteiger partial charge in [-0.05, 0) is 29.8 Å². The molecule has 2 nitrogen and oxygen atoms in total. The molecule has 0 bridgehead atoms. The highest BCUT2D eigenvalue weighted by atomic mass is 35.5. The van der Waals surface area contributed by atoms with Crippen LogP contribution in [0.25, 0.3) is 0 Å². The van der Waals surface area contributed by atoms with Crippen LogP contribution in [0.1, 0.15) is 11.1 Å². The largest absolute Gasteiger partial charge is 0.496 e. The van der Waals surface area contributed by atoms with Crippen molar-refractivity contribution in [3.05, 3.63) is 63.6 Å². The molecule has 0 fully saturated rings. The summed E-state index contributed by atoms with van der Waals surface area (Å²) < 4.78 is 5.30. The lowest BCUT2D eigenvalue weighted by molar-refractivity contribution is 0.407. The Morgan fingerprint density at radius 3 is 2.42 bits per heavy atom. The van der Waals surface area contributed by atoms with Crippen molar-refractivity contribution in [1.82, 2.24) is 5.32 Å². The SMILES string of the molecule is COc1cccc(Cl)c1CNCc1ccc(Cl)cc1. The summed E-state index contributed by atoms with van der Waals surface area (Å²) in [4.78, 5) is 0. The third-order valence-electron chi connectivity index (χ3n) is 2.84. The van der Waals surface area contributed by atoms with Crippen molar-refractivity contribution in [1.29, 1.82) is 0 Å². The molecule has 19 heavy (non-hydrogen) atoms. The number of rotatable bonds is 5. The molecule has 4 heteroatoms. The number of methoxy groups -OCH3 is 1. The van der Waals surface area contributed by atoms with Crippen molar-refractivity contribution >= 4 is 23.2 Å². The summed E-state index contributed by atoms with van der Waals surface area (Å²) in [6, 6.07) is 13.4. The predicted molar refractivity (Wildman–Crippen MR) is 80.0 cm³/mol. The monoisotopic (exact) mass is 295 g/mol. The maximum absolute atomic E-state index is 6.17. The lowest BCUT2D eigenvalue weighted by atomic mass is 10.2. The van der Waals surface area contributed by atoms with Gasteiger partial charge in [0, 0.05) is 28.7 Å². The van der Waals surface area contributed by atoms with Crippen molar-refractivity contribution in [3.8, 4) is 5.75 Å². The molecule has 0 heterocycles. The van der Waals surface area contributed by atoms with Crippen molar-refractivity contribution < 1.29 is 4.74 Å². The fourth-order valence-electron chi connectivity index (χ4n) is 1.84. The van der Waals surface area contributed by atoms with Crippen LogP contribution in [0.5, 0.6) is 5.75 Å². The summed E-state index contributed by atoms with van der Waals surface area (Å²) in [6.45, 7) is 1.41. The van der Waals surface area contributed by atoms with E-state index in [-0.39, 0.29) is 0 Å². The lowest BCUT2D eigenvalue weighted by Gasteiger charge is -2.11. The molecule has 0 aromatic heterocycles. The van der Waals surface area contributed by atoms with E-state index in [0.29, 0.717) is 11.6 Å². The molecule has 2 aromatic rings. The molecule has 2 aromatic carbocycles. The topological polar surface area (TPSA) is 21.3 Å². The number of halogens is 2. The van der Waals surface area contributed by atoms with Crippen molar-refractivity contribution in [3.63, 3.8) is 0 Å². The zero-order valence-electron chi connectivity index (χ0n) is 10.6. The Bertz CT molecular complexity index is 540. The van der Waals surface area contributed by atoms with Crippen LogP contribution in [0, 0.1) is 0 Å². The summed E-state index contributed by atoms with van der Waals surface area (Å²) in [5, 5.41) is 4.80. The first-order valence-corrected chi connectivity index (χ1v) is 6.73. The molecule has 100 valence electrons. The Kier molecular flexibility index (Phi) is 5.08. The summed E-state index contributed by atoms with van der Waals surface area (Å²) >= 11 is 12.0. The Labute approximate surface area is 123 Å². The number of ether oxygens (including phenoxy) is 1. The molecule has 0 atom stereocenters. The molecule has 0 saturated carbocycles. The van der Waals surface area contributed by atoms with Gasteiger partial charge in [0.25, 0.3) is 0 Å². The first-order chi connectivity index (χ1) is 9.20. The van der Waals surface area contributed by atoms with E-state index in [1.54, 1.807) is 7.11 Å². The highest BCUT2D eigenvalue weighted by Crippen LogP contribution is 2.25. The quantitative estimate of drug-likeness (QED) is 0.888. The molecule has 0 unspecified atom stereocenters. The van der Waals surface area contributed by atoms with Crippen molar-refractivity contribution in [2.24, 2.45) is 0 Å². The normalized spacial score (nSPS) is 10.5. The van der Waals surface area contributed by atoms with Gasteiger partial charge < -0.3 is 10.1 Å². The lowest BCUT2D eigenvalue weighted by Crippen LogP contribution is -2.13. The van der Waals surface area contributed by atoms with Crippen LogP contribution in [-0.2, 0) is 13.1 Å². The Morgan fingerprint density at radius 2 is 1.74 bits per heavy atom. The van der Waals surface area contributed by atoms with Crippen molar-refractivity contribution in [2.75, 3.05) is 7.11 Å². The number of benzene rings is 2. The first kappa shape index (κ1) is 14.2. The molecule has 0 aliphatic heterocycles. The zero-order valence-corrected chi connectivity index (χ0v) is 12.1. The van der Waals surface area contributed by atoms with Crippen LogP contribution in [0.3, 0.4) is 0 Å². The van der Waals surface area contributed by atoms with Crippen LogP contribution in [0.2, 0.25) is 10.0 Å². The van der Waals surface area contributed by atoms with Crippen LogP contribution >= 0.6 is 23.2 Å². The Morgan fingerprint density at radius 1 is 1.00 bits per heavy atom. The predicted octanol–water partition coefficient (Wildman–Crippen LogP) is 4.29. The maximum Gasteiger partial charge on any atom is 0.124 e. The summed E-state index contributed by atoms with van der Waals surface area (Å²) in [7, 11) is 1.65. The third-order valence-corrected chi connectivity index (χ3v) is 3.45. The molecule has 0 aliphatic carbocycles. The van der Waals surface area contributed by atoms with E-state index in [4.69, 9.17) is 27.9 Å². The van der Waals surface area contributed by atoms with E-state index in [0.717, 1.165) is 22.9 Å². The number of hydrogen-bond acceptors (Lipinski definition) is 2. The molecule has 0 amide bonds. The van der Waals surface area contributed by atoms with Gasteiger partial charge in [0.15, 0.2) is 0 Å². The smallest absolute Gasteiger partial charge is 0.124 e. The van der Waals surface area contributed by atoms with Crippen LogP contribution in [0.15, 0.2) is 42.5 Å². The molecule has 0 aliphatic rings. The number of nitrogens with one attached hydrogen (secondary N) is 1. The second kappa shape index (κ2) is 6.80. The van der Waals surface area contributed by atoms with E-state index in [9.17, 15) is 0 Å².